The molecule has 5 aromatic rings. The van der Waals surface area contributed by atoms with Crippen LogP contribution in [0.1, 0.15) is 5.56 Å². The number of benzene rings is 2. The van der Waals surface area contributed by atoms with Crippen molar-refractivity contribution < 1.29 is 13.2 Å². The highest BCUT2D eigenvalue weighted by Crippen LogP contribution is 2.34. The van der Waals surface area contributed by atoms with E-state index in [2.05, 4.69) is 25.6 Å². The number of hydrogen-bond acceptors (Lipinski definition) is 7. The highest BCUT2D eigenvalue weighted by atomic mass is 32.1. The zero-order valence-electron chi connectivity index (χ0n) is 18.6. The number of alkyl halides is 3. The lowest BCUT2D eigenvalue weighted by Gasteiger charge is -2.15. The first-order chi connectivity index (χ1) is 17.3. The minimum absolute atomic E-state index is 0.236. The van der Waals surface area contributed by atoms with Gasteiger partial charge in [-0.15, -0.1) is 0 Å². The maximum absolute atomic E-state index is 13.2. The summed E-state index contributed by atoms with van der Waals surface area (Å²) >= 11 is 1.61. The monoisotopic (exact) mass is 504 g/mol. The molecule has 0 aliphatic rings. The molecule has 4 N–H and O–H groups in total. The van der Waals surface area contributed by atoms with Crippen molar-refractivity contribution in [3.63, 3.8) is 0 Å². The van der Waals surface area contributed by atoms with Crippen molar-refractivity contribution in [3.8, 4) is 22.3 Å². The molecule has 0 aliphatic carbocycles. The molecular formula is C26H19F3N6S. The summed E-state index contributed by atoms with van der Waals surface area (Å²) in [5, 5.41) is 10.1. The van der Waals surface area contributed by atoms with E-state index in [9.17, 15) is 13.2 Å². The normalized spacial score (nSPS) is 11.3. The van der Waals surface area contributed by atoms with Crippen LogP contribution in [0, 0.1) is 0 Å². The average Bonchev–Trinajstić information content (AvgIpc) is 3.40. The molecule has 0 unspecified atom stereocenters. The van der Waals surface area contributed by atoms with Gasteiger partial charge in [-0.3, -0.25) is 0 Å². The molecule has 2 aromatic carbocycles. The third-order valence-electron chi connectivity index (χ3n) is 5.32. The smallest absolute Gasteiger partial charge is 0.399 e. The maximum atomic E-state index is 13.2. The minimum Gasteiger partial charge on any atom is -0.399 e. The highest BCUT2D eigenvalue weighted by molar-refractivity contribution is 7.08. The molecule has 0 atom stereocenters. The molecule has 0 saturated heterocycles. The van der Waals surface area contributed by atoms with Gasteiger partial charge in [-0.2, -0.15) is 29.5 Å². The van der Waals surface area contributed by atoms with E-state index < -0.39 is 11.7 Å². The van der Waals surface area contributed by atoms with Gasteiger partial charge in [0.25, 0.3) is 0 Å². The van der Waals surface area contributed by atoms with Crippen LogP contribution in [-0.4, -0.2) is 15.0 Å². The predicted molar refractivity (Wildman–Crippen MR) is 137 cm³/mol. The van der Waals surface area contributed by atoms with Crippen LogP contribution in [0.4, 0.5) is 42.1 Å². The van der Waals surface area contributed by atoms with Crippen LogP contribution in [0.3, 0.4) is 0 Å². The fourth-order valence-electron chi connectivity index (χ4n) is 3.50. The zero-order valence-corrected chi connectivity index (χ0v) is 19.4. The lowest BCUT2D eigenvalue weighted by Crippen LogP contribution is -2.06. The Morgan fingerprint density at radius 2 is 1.61 bits per heavy atom. The van der Waals surface area contributed by atoms with Gasteiger partial charge in [0.05, 0.1) is 5.56 Å². The Hall–Kier alpha value is -4.44. The van der Waals surface area contributed by atoms with Gasteiger partial charge in [-0.25, -0.2) is 9.97 Å². The summed E-state index contributed by atoms with van der Waals surface area (Å²) in [6, 6.07) is 17.7. The fraction of sp³-hybridized carbons (Fsp3) is 0.0385. The largest absolute Gasteiger partial charge is 0.416 e. The van der Waals surface area contributed by atoms with E-state index >= 15 is 0 Å². The lowest BCUT2D eigenvalue weighted by molar-refractivity contribution is -0.137. The van der Waals surface area contributed by atoms with Crippen molar-refractivity contribution in [1.29, 1.82) is 0 Å². The summed E-state index contributed by atoms with van der Waals surface area (Å²) in [6.45, 7) is 0. The van der Waals surface area contributed by atoms with Crippen LogP contribution < -0.4 is 16.4 Å². The van der Waals surface area contributed by atoms with E-state index in [1.165, 1.54) is 6.07 Å². The number of anilines is 5. The van der Waals surface area contributed by atoms with Gasteiger partial charge >= 0.3 is 6.18 Å². The SMILES string of the molecule is Nc1ccc(-c2cnc(Nc3ccc(-c4ccsc4)cn3)nc2Nc2cccc(C(F)(F)F)c2)cc1. The summed E-state index contributed by atoms with van der Waals surface area (Å²) in [5.74, 6) is 1.09. The number of nitrogens with two attached hydrogens (primary N) is 1. The zero-order chi connectivity index (χ0) is 25.1. The van der Waals surface area contributed by atoms with E-state index in [-0.39, 0.29) is 11.6 Å². The number of nitrogens with one attached hydrogen (secondary N) is 2. The van der Waals surface area contributed by atoms with Gasteiger partial charge in [0.1, 0.15) is 11.6 Å². The van der Waals surface area contributed by atoms with Crippen LogP contribution in [0.5, 0.6) is 0 Å². The second kappa shape index (κ2) is 9.67. The van der Waals surface area contributed by atoms with Crippen LogP contribution in [-0.2, 0) is 6.18 Å². The molecule has 3 heterocycles. The topological polar surface area (TPSA) is 88.8 Å². The summed E-state index contributed by atoms with van der Waals surface area (Å²) < 4.78 is 39.7. The number of halogens is 3. The Labute approximate surface area is 208 Å². The van der Waals surface area contributed by atoms with E-state index in [0.29, 0.717) is 22.9 Å². The Balaban J connectivity index is 1.47. The van der Waals surface area contributed by atoms with Crippen LogP contribution in [0.2, 0.25) is 0 Å². The first kappa shape index (κ1) is 23.3. The number of rotatable bonds is 6. The number of nitrogens with zero attached hydrogens (tertiary/aromatic N) is 3. The van der Waals surface area contributed by atoms with Crippen molar-refractivity contribution in [3.05, 3.63) is 95.4 Å². The van der Waals surface area contributed by atoms with Crippen LogP contribution in [0.25, 0.3) is 22.3 Å². The molecule has 36 heavy (non-hydrogen) atoms. The summed E-state index contributed by atoms with van der Waals surface area (Å²) in [7, 11) is 0. The Bertz CT molecular complexity index is 1470. The Kier molecular flexibility index (Phi) is 6.26. The summed E-state index contributed by atoms with van der Waals surface area (Å²) in [6.07, 6.45) is -1.12. The quantitative estimate of drug-likeness (QED) is 0.210. The number of thiophene rings is 1. The van der Waals surface area contributed by atoms with E-state index in [1.54, 1.807) is 54.1 Å². The second-order valence-electron chi connectivity index (χ2n) is 7.85. The second-order valence-corrected chi connectivity index (χ2v) is 8.63. The number of pyridine rings is 1. The molecule has 0 amide bonds. The van der Waals surface area contributed by atoms with E-state index in [4.69, 9.17) is 5.73 Å². The average molecular weight is 505 g/mol. The number of nitrogen functional groups attached to an aromatic ring is 1. The standard InChI is InChI=1S/C26H19F3N6S/c27-26(28,29)19-2-1-3-21(12-19)33-24-22(16-4-7-20(30)8-5-16)14-32-25(35-24)34-23-9-6-17(13-31-23)18-10-11-36-15-18/h1-15H,30H2,(H2,31,32,33,34,35). The third kappa shape index (κ3) is 5.28. The van der Waals surface area contributed by atoms with E-state index in [0.717, 1.165) is 28.8 Å². The van der Waals surface area contributed by atoms with Gasteiger partial charge in [0, 0.05) is 34.9 Å². The van der Waals surface area contributed by atoms with Gasteiger partial charge in [0.15, 0.2) is 0 Å². The molecule has 5 rings (SSSR count). The van der Waals surface area contributed by atoms with E-state index in [1.807, 2.05) is 29.0 Å². The first-order valence-corrected chi connectivity index (χ1v) is 11.7. The minimum atomic E-state index is -4.46. The van der Waals surface area contributed by atoms with Crippen molar-refractivity contribution in [2.75, 3.05) is 16.4 Å². The summed E-state index contributed by atoms with van der Waals surface area (Å²) in [4.78, 5) is 13.4. The molecule has 0 bridgehead atoms. The van der Waals surface area contributed by atoms with Crippen molar-refractivity contribution in [1.82, 2.24) is 15.0 Å². The lowest BCUT2D eigenvalue weighted by atomic mass is 10.1. The van der Waals surface area contributed by atoms with Crippen molar-refractivity contribution in [2.24, 2.45) is 0 Å². The third-order valence-corrected chi connectivity index (χ3v) is 6.00. The molecule has 6 nitrogen and oxygen atoms in total. The number of hydrogen-bond donors (Lipinski definition) is 3. The van der Waals surface area contributed by atoms with Crippen molar-refractivity contribution >= 4 is 40.3 Å². The molecule has 3 aromatic heterocycles. The molecule has 0 radical (unpaired) electrons. The molecule has 0 fully saturated rings. The van der Waals surface area contributed by atoms with Crippen LogP contribution >= 0.6 is 11.3 Å². The molecular weight excluding hydrogens is 485 g/mol. The maximum Gasteiger partial charge on any atom is 0.416 e. The van der Waals surface area contributed by atoms with Gasteiger partial charge in [-0.05, 0) is 70.4 Å². The molecule has 180 valence electrons. The number of aromatic nitrogens is 3. The molecule has 0 saturated carbocycles. The first-order valence-electron chi connectivity index (χ1n) is 10.8. The van der Waals surface area contributed by atoms with Gasteiger partial charge in [-0.1, -0.05) is 18.2 Å². The fourth-order valence-corrected chi connectivity index (χ4v) is 4.17. The van der Waals surface area contributed by atoms with Crippen LogP contribution in [0.15, 0.2) is 89.9 Å². The molecule has 0 spiro atoms. The van der Waals surface area contributed by atoms with Crippen molar-refractivity contribution in [2.45, 2.75) is 6.18 Å². The van der Waals surface area contributed by atoms with Gasteiger partial charge < -0.3 is 16.4 Å². The summed E-state index contributed by atoms with van der Waals surface area (Å²) in [5.41, 5.74) is 9.28. The molecule has 0 aliphatic heterocycles. The highest BCUT2D eigenvalue weighted by Gasteiger charge is 2.30. The predicted octanol–water partition coefficient (Wildman–Crippen LogP) is 7.36. The molecule has 10 heteroatoms. The Morgan fingerprint density at radius 1 is 0.806 bits per heavy atom. The van der Waals surface area contributed by atoms with Gasteiger partial charge in [0.2, 0.25) is 5.95 Å². The Morgan fingerprint density at radius 3 is 2.31 bits per heavy atom.